The lowest BCUT2D eigenvalue weighted by Gasteiger charge is -2.15. The molecule has 0 radical (unpaired) electrons. The highest BCUT2D eigenvalue weighted by atomic mass is 16.5. The second-order valence-electron chi connectivity index (χ2n) is 8.35. The number of ketones is 2. The van der Waals surface area contributed by atoms with Gasteiger partial charge in [0.25, 0.3) is 0 Å². The molecule has 40 heavy (non-hydrogen) atoms. The molecule has 3 N–H and O–H groups in total. The number of carboxylic acid groups (broad SMARTS) is 1. The van der Waals surface area contributed by atoms with Crippen LogP contribution in [0, 0.1) is 0 Å². The number of carboxylic acids is 1. The fourth-order valence-corrected chi connectivity index (χ4v) is 3.95. The number of phenols is 2. The molecule has 0 fully saturated rings. The van der Waals surface area contributed by atoms with E-state index < -0.39 is 29.3 Å². The van der Waals surface area contributed by atoms with E-state index in [0.717, 1.165) is 24.3 Å². The summed E-state index contributed by atoms with van der Waals surface area (Å²) in [6.07, 6.45) is 0. The highest BCUT2D eigenvalue weighted by molar-refractivity contribution is 6.14. The van der Waals surface area contributed by atoms with Crippen molar-refractivity contribution < 1.29 is 48.7 Å². The number of aromatic hydroxyl groups is 2. The number of hydrogen-bond acceptors (Lipinski definition) is 9. The van der Waals surface area contributed by atoms with Gasteiger partial charge >= 0.3 is 11.9 Å². The van der Waals surface area contributed by atoms with Gasteiger partial charge in [-0.05, 0) is 24.3 Å². The quantitative estimate of drug-likeness (QED) is 0.156. The Hall–Kier alpha value is -5.64. The first-order valence-electron chi connectivity index (χ1n) is 11.7. The first kappa shape index (κ1) is 27.4. The first-order chi connectivity index (χ1) is 19.2. The van der Waals surface area contributed by atoms with Crippen LogP contribution in [0.1, 0.15) is 52.6 Å². The SMILES string of the molecule is COc1cc(OC(=O)c2cc(C(=O)c3ccccc3O)c(O)cc2OC)c(C(=O)c2ccccc2)cc1C(=O)O. The van der Waals surface area contributed by atoms with Crippen LogP contribution in [-0.4, -0.2) is 53.0 Å². The molecule has 0 heterocycles. The Kier molecular flexibility index (Phi) is 7.81. The summed E-state index contributed by atoms with van der Waals surface area (Å²) >= 11 is 0. The van der Waals surface area contributed by atoms with Crippen LogP contribution >= 0.6 is 0 Å². The van der Waals surface area contributed by atoms with Crippen molar-refractivity contribution >= 4 is 23.5 Å². The van der Waals surface area contributed by atoms with E-state index in [1.54, 1.807) is 18.2 Å². The van der Waals surface area contributed by atoms with E-state index in [9.17, 15) is 34.5 Å². The van der Waals surface area contributed by atoms with Gasteiger partial charge < -0.3 is 29.5 Å². The average molecular weight is 542 g/mol. The maximum atomic E-state index is 13.4. The molecule has 4 aromatic rings. The molecule has 0 aromatic heterocycles. The summed E-state index contributed by atoms with van der Waals surface area (Å²) in [7, 11) is 2.44. The number of esters is 1. The zero-order valence-electron chi connectivity index (χ0n) is 21.2. The number of aromatic carboxylic acids is 1. The van der Waals surface area contributed by atoms with E-state index in [4.69, 9.17) is 14.2 Å². The van der Waals surface area contributed by atoms with Crippen LogP contribution in [0.2, 0.25) is 0 Å². The summed E-state index contributed by atoms with van der Waals surface area (Å²) in [5, 5.41) is 30.2. The summed E-state index contributed by atoms with van der Waals surface area (Å²) in [4.78, 5) is 51.6. The van der Waals surface area contributed by atoms with Gasteiger partial charge in [0.1, 0.15) is 39.9 Å². The molecule has 10 heteroatoms. The van der Waals surface area contributed by atoms with Gasteiger partial charge in [0, 0.05) is 17.7 Å². The van der Waals surface area contributed by atoms with E-state index in [1.807, 2.05) is 0 Å². The zero-order chi connectivity index (χ0) is 29.0. The van der Waals surface area contributed by atoms with Crippen molar-refractivity contribution in [1.29, 1.82) is 0 Å². The maximum Gasteiger partial charge on any atom is 0.347 e. The molecule has 0 aliphatic heterocycles. The van der Waals surface area contributed by atoms with Crippen LogP contribution in [0.15, 0.2) is 78.9 Å². The van der Waals surface area contributed by atoms with Gasteiger partial charge in [-0.15, -0.1) is 0 Å². The Balaban J connectivity index is 1.81. The number of methoxy groups -OCH3 is 2. The van der Waals surface area contributed by atoms with Crippen molar-refractivity contribution in [3.8, 4) is 28.7 Å². The molecule has 4 aromatic carbocycles. The zero-order valence-corrected chi connectivity index (χ0v) is 21.2. The molecule has 4 rings (SSSR count). The molecular formula is C30H22O10. The van der Waals surface area contributed by atoms with Crippen molar-refractivity contribution in [3.63, 3.8) is 0 Å². The summed E-state index contributed by atoms with van der Waals surface area (Å²) in [6, 6.07) is 17.8. The van der Waals surface area contributed by atoms with Crippen LogP contribution in [0.25, 0.3) is 0 Å². The van der Waals surface area contributed by atoms with Gasteiger partial charge in [-0.2, -0.15) is 0 Å². The number of hydrogen-bond donors (Lipinski definition) is 3. The predicted molar refractivity (Wildman–Crippen MR) is 141 cm³/mol. The number of carbonyl (C=O) groups is 4. The van der Waals surface area contributed by atoms with E-state index in [1.165, 1.54) is 50.6 Å². The third-order valence-corrected chi connectivity index (χ3v) is 5.95. The third kappa shape index (κ3) is 5.32. The molecule has 0 aliphatic carbocycles. The fraction of sp³-hybridized carbons (Fsp3) is 0.0667. The third-order valence-electron chi connectivity index (χ3n) is 5.95. The summed E-state index contributed by atoms with van der Waals surface area (Å²) in [5.74, 6) is -5.35. The lowest BCUT2D eigenvalue weighted by Crippen LogP contribution is -2.16. The minimum atomic E-state index is -1.37. The highest BCUT2D eigenvalue weighted by Crippen LogP contribution is 2.35. The van der Waals surface area contributed by atoms with E-state index >= 15 is 0 Å². The number of carbonyl (C=O) groups excluding carboxylic acids is 3. The molecule has 10 nitrogen and oxygen atoms in total. The molecule has 0 unspecified atom stereocenters. The van der Waals surface area contributed by atoms with Gasteiger partial charge in [-0.3, -0.25) is 9.59 Å². The Morgan fingerprint density at radius 3 is 1.80 bits per heavy atom. The van der Waals surface area contributed by atoms with Crippen molar-refractivity contribution in [1.82, 2.24) is 0 Å². The molecular weight excluding hydrogens is 520 g/mol. The van der Waals surface area contributed by atoms with Crippen LogP contribution < -0.4 is 14.2 Å². The smallest absolute Gasteiger partial charge is 0.347 e. The fourth-order valence-electron chi connectivity index (χ4n) is 3.95. The van der Waals surface area contributed by atoms with Gasteiger partial charge in [-0.1, -0.05) is 42.5 Å². The molecule has 0 aliphatic rings. The molecule has 0 saturated heterocycles. The monoisotopic (exact) mass is 542 g/mol. The van der Waals surface area contributed by atoms with Gasteiger partial charge in [0.15, 0.2) is 11.6 Å². The van der Waals surface area contributed by atoms with Crippen LogP contribution in [0.3, 0.4) is 0 Å². The molecule has 0 saturated carbocycles. The number of para-hydroxylation sites is 1. The lowest BCUT2D eigenvalue weighted by molar-refractivity contribution is 0.0692. The second kappa shape index (κ2) is 11.4. The van der Waals surface area contributed by atoms with Crippen molar-refractivity contribution in [2.24, 2.45) is 0 Å². The largest absolute Gasteiger partial charge is 0.507 e. The van der Waals surface area contributed by atoms with Crippen molar-refractivity contribution in [2.45, 2.75) is 0 Å². The van der Waals surface area contributed by atoms with Crippen molar-refractivity contribution in [2.75, 3.05) is 14.2 Å². The Morgan fingerprint density at radius 2 is 1.18 bits per heavy atom. The summed E-state index contributed by atoms with van der Waals surface area (Å²) in [5.41, 5.74) is -1.10. The summed E-state index contributed by atoms with van der Waals surface area (Å²) < 4.78 is 15.9. The number of phenolic OH excluding ortho intramolecular Hbond substituents is 2. The second-order valence-corrected chi connectivity index (χ2v) is 8.35. The topological polar surface area (TPSA) is 157 Å². The molecule has 202 valence electrons. The normalized spacial score (nSPS) is 10.4. The van der Waals surface area contributed by atoms with Crippen LogP contribution in [-0.2, 0) is 0 Å². The van der Waals surface area contributed by atoms with E-state index in [0.29, 0.717) is 0 Å². The Bertz CT molecular complexity index is 1640. The summed E-state index contributed by atoms with van der Waals surface area (Å²) in [6.45, 7) is 0. The average Bonchev–Trinajstić information content (AvgIpc) is 2.96. The number of benzene rings is 4. The van der Waals surface area contributed by atoms with Crippen molar-refractivity contribution in [3.05, 3.63) is 112 Å². The minimum absolute atomic E-state index is 0.118. The highest BCUT2D eigenvalue weighted by Gasteiger charge is 2.27. The first-order valence-corrected chi connectivity index (χ1v) is 11.7. The maximum absolute atomic E-state index is 13.4. The number of rotatable bonds is 9. The van der Waals surface area contributed by atoms with Gasteiger partial charge in [0.05, 0.1) is 30.9 Å². The molecule has 0 amide bonds. The standard InChI is InChI=1S/C30H22O10/c1-38-24-14-23(32)18(28(34)17-10-6-7-11-22(17)31)12-21(24)30(37)40-26-15-25(39-2)20(29(35)36)13-19(26)27(33)16-8-4-3-5-9-16/h3-15,31-32H,1-2H3,(H,35,36). The van der Waals surface area contributed by atoms with E-state index in [-0.39, 0.29) is 56.4 Å². The Labute approximate surface area is 227 Å². The molecule has 0 bridgehead atoms. The van der Waals surface area contributed by atoms with Gasteiger partial charge in [-0.25, -0.2) is 9.59 Å². The minimum Gasteiger partial charge on any atom is -0.507 e. The lowest BCUT2D eigenvalue weighted by atomic mass is 9.98. The molecule has 0 atom stereocenters. The van der Waals surface area contributed by atoms with Crippen LogP contribution in [0.5, 0.6) is 28.7 Å². The Morgan fingerprint density at radius 1 is 0.575 bits per heavy atom. The van der Waals surface area contributed by atoms with Gasteiger partial charge in [0.2, 0.25) is 0 Å². The van der Waals surface area contributed by atoms with Crippen LogP contribution in [0.4, 0.5) is 0 Å². The molecule has 0 spiro atoms. The number of ether oxygens (including phenoxy) is 3. The van der Waals surface area contributed by atoms with E-state index in [2.05, 4.69) is 0 Å². The predicted octanol–water partition coefficient (Wildman–Crippen LogP) is 4.49.